The van der Waals surface area contributed by atoms with E-state index in [-0.39, 0.29) is 12.0 Å². The maximum atomic E-state index is 12.7. The van der Waals surface area contributed by atoms with E-state index in [1.807, 2.05) is 45.0 Å². The van der Waals surface area contributed by atoms with Gasteiger partial charge in [0.05, 0.1) is 6.10 Å². The molecule has 1 fully saturated rings. The molecule has 0 aliphatic heterocycles. The van der Waals surface area contributed by atoms with E-state index < -0.39 is 0 Å². The van der Waals surface area contributed by atoms with E-state index >= 15 is 0 Å². The lowest BCUT2D eigenvalue weighted by Crippen LogP contribution is -2.22. The molecule has 0 saturated heterocycles. The van der Waals surface area contributed by atoms with Crippen LogP contribution in [0.3, 0.4) is 0 Å². The molecule has 150 valence electrons. The van der Waals surface area contributed by atoms with Crippen LogP contribution in [0.15, 0.2) is 30.3 Å². The lowest BCUT2D eigenvalue weighted by molar-refractivity contribution is 0.102. The highest BCUT2D eigenvalue weighted by Gasteiger charge is 2.16. The number of hydrogen-bond acceptors (Lipinski definition) is 5. The van der Waals surface area contributed by atoms with Crippen LogP contribution in [0.25, 0.3) is 0 Å². The summed E-state index contributed by atoms with van der Waals surface area (Å²) in [6.07, 6.45) is 7.42. The van der Waals surface area contributed by atoms with E-state index in [0.717, 1.165) is 24.3 Å². The normalized spacial score (nSPS) is 15.1. The van der Waals surface area contributed by atoms with Crippen molar-refractivity contribution in [3.8, 4) is 5.75 Å². The number of rotatable bonds is 6. The van der Waals surface area contributed by atoms with Crippen LogP contribution in [0.5, 0.6) is 5.75 Å². The molecule has 1 amide bonds. The maximum absolute atomic E-state index is 12.7. The predicted octanol–water partition coefficient (Wildman–Crippen LogP) is 4.96. The van der Waals surface area contributed by atoms with Crippen LogP contribution in [0.2, 0.25) is 0 Å². The van der Waals surface area contributed by atoms with E-state index in [2.05, 4.69) is 20.6 Å². The van der Waals surface area contributed by atoms with Crippen molar-refractivity contribution < 1.29 is 9.53 Å². The number of anilines is 2. The molecule has 0 spiro atoms. The summed E-state index contributed by atoms with van der Waals surface area (Å²) in [5.74, 6) is 1.07. The summed E-state index contributed by atoms with van der Waals surface area (Å²) in [4.78, 5) is 21.6. The van der Waals surface area contributed by atoms with Gasteiger partial charge in [0, 0.05) is 17.4 Å². The third kappa shape index (κ3) is 5.94. The first kappa shape index (κ1) is 20.1. The summed E-state index contributed by atoms with van der Waals surface area (Å²) in [5.41, 5.74) is 1.85. The second-order valence-electron chi connectivity index (χ2n) is 7.70. The molecule has 0 bridgehead atoms. The van der Waals surface area contributed by atoms with Crippen LogP contribution in [-0.4, -0.2) is 28.0 Å². The largest absolute Gasteiger partial charge is 0.491 e. The lowest BCUT2D eigenvalue weighted by Gasteiger charge is -2.17. The van der Waals surface area contributed by atoms with Crippen molar-refractivity contribution in [3.05, 3.63) is 41.7 Å². The third-order valence-corrected chi connectivity index (χ3v) is 4.76. The molecule has 0 atom stereocenters. The number of carbonyl (C=O) groups is 1. The number of hydrogen-bond donors (Lipinski definition) is 2. The SMILES string of the molecule is Cc1cc(C(=O)Nc2ccc(OC(C)C)cc2)nc(NC2CCCCCC2)n1. The van der Waals surface area contributed by atoms with Crippen LogP contribution in [0.1, 0.15) is 68.6 Å². The molecule has 1 aromatic carbocycles. The third-order valence-electron chi connectivity index (χ3n) is 4.76. The van der Waals surface area contributed by atoms with Crippen LogP contribution < -0.4 is 15.4 Å². The monoisotopic (exact) mass is 382 g/mol. The molecular formula is C22H30N4O2. The first-order valence-corrected chi connectivity index (χ1v) is 10.2. The van der Waals surface area contributed by atoms with Crippen molar-refractivity contribution in [2.75, 3.05) is 10.6 Å². The first-order chi connectivity index (χ1) is 13.5. The van der Waals surface area contributed by atoms with Gasteiger partial charge in [0.1, 0.15) is 11.4 Å². The number of nitrogens with zero attached hydrogens (tertiary/aromatic N) is 2. The quantitative estimate of drug-likeness (QED) is 0.691. The molecule has 6 nitrogen and oxygen atoms in total. The zero-order valence-electron chi connectivity index (χ0n) is 17.0. The summed E-state index contributed by atoms with van der Waals surface area (Å²) in [6, 6.07) is 9.44. The van der Waals surface area contributed by atoms with Gasteiger partial charge >= 0.3 is 0 Å². The van der Waals surface area contributed by atoms with Gasteiger partial charge in [0.25, 0.3) is 5.91 Å². The summed E-state index contributed by atoms with van der Waals surface area (Å²) in [6.45, 7) is 5.84. The van der Waals surface area contributed by atoms with E-state index in [1.165, 1.54) is 25.7 Å². The van der Waals surface area contributed by atoms with Crippen molar-refractivity contribution in [1.82, 2.24) is 9.97 Å². The minimum Gasteiger partial charge on any atom is -0.491 e. The Kier molecular flexibility index (Phi) is 6.85. The number of ether oxygens (including phenoxy) is 1. The summed E-state index contributed by atoms with van der Waals surface area (Å²) in [5, 5.41) is 6.32. The zero-order chi connectivity index (χ0) is 19.9. The summed E-state index contributed by atoms with van der Waals surface area (Å²) in [7, 11) is 0. The highest BCUT2D eigenvalue weighted by molar-refractivity contribution is 6.03. The van der Waals surface area contributed by atoms with Crippen molar-refractivity contribution >= 4 is 17.5 Å². The molecule has 3 rings (SSSR count). The average molecular weight is 383 g/mol. The molecule has 1 heterocycles. The van der Waals surface area contributed by atoms with E-state index in [1.54, 1.807) is 6.07 Å². The Balaban J connectivity index is 1.66. The lowest BCUT2D eigenvalue weighted by atomic mass is 10.1. The fourth-order valence-electron chi connectivity index (χ4n) is 3.44. The van der Waals surface area contributed by atoms with E-state index in [9.17, 15) is 4.79 Å². The maximum Gasteiger partial charge on any atom is 0.274 e. The fraction of sp³-hybridized carbons (Fsp3) is 0.500. The highest BCUT2D eigenvalue weighted by atomic mass is 16.5. The van der Waals surface area contributed by atoms with Crippen molar-refractivity contribution in [2.24, 2.45) is 0 Å². The standard InChI is InChI=1S/C22H30N4O2/c1-15(2)28-19-12-10-18(11-13-19)24-21(27)20-14-16(3)23-22(26-20)25-17-8-6-4-5-7-9-17/h10-15,17H,4-9H2,1-3H3,(H,24,27)(H,23,25,26). The number of amides is 1. The summed E-state index contributed by atoms with van der Waals surface area (Å²) < 4.78 is 5.63. The van der Waals surface area contributed by atoms with Gasteiger partial charge in [-0.1, -0.05) is 25.7 Å². The Labute approximate surface area is 167 Å². The van der Waals surface area contributed by atoms with Gasteiger partial charge in [-0.2, -0.15) is 0 Å². The molecule has 6 heteroatoms. The van der Waals surface area contributed by atoms with Gasteiger partial charge in [0.15, 0.2) is 0 Å². The minimum atomic E-state index is -0.244. The van der Waals surface area contributed by atoms with Crippen molar-refractivity contribution in [3.63, 3.8) is 0 Å². The first-order valence-electron chi connectivity index (χ1n) is 10.2. The molecule has 1 aliphatic rings. The van der Waals surface area contributed by atoms with Gasteiger partial charge < -0.3 is 15.4 Å². The molecule has 0 radical (unpaired) electrons. The number of aromatic nitrogens is 2. The van der Waals surface area contributed by atoms with Crippen molar-refractivity contribution in [1.29, 1.82) is 0 Å². The number of nitrogens with one attached hydrogen (secondary N) is 2. The Morgan fingerprint density at radius 2 is 1.75 bits per heavy atom. The van der Waals surface area contributed by atoms with Gasteiger partial charge in [0.2, 0.25) is 5.95 Å². The molecule has 1 saturated carbocycles. The van der Waals surface area contributed by atoms with Crippen molar-refractivity contribution in [2.45, 2.75) is 71.4 Å². The second kappa shape index (κ2) is 9.53. The van der Waals surface area contributed by atoms with Crippen LogP contribution in [-0.2, 0) is 0 Å². The number of benzene rings is 1. The molecule has 1 aliphatic carbocycles. The second-order valence-corrected chi connectivity index (χ2v) is 7.70. The van der Waals surface area contributed by atoms with E-state index in [0.29, 0.717) is 23.4 Å². The number of aryl methyl sites for hydroxylation is 1. The smallest absolute Gasteiger partial charge is 0.274 e. The number of carbonyl (C=O) groups excluding carboxylic acids is 1. The highest BCUT2D eigenvalue weighted by Crippen LogP contribution is 2.21. The molecular weight excluding hydrogens is 352 g/mol. The molecule has 28 heavy (non-hydrogen) atoms. The predicted molar refractivity (Wildman–Crippen MR) is 112 cm³/mol. The van der Waals surface area contributed by atoms with Gasteiger partial charge in [-0.3, -0.25) is 4.79 Å². The molecule has 2 N–H and O–H groups in total. The van der Waals surface area contributed by atoms with Crippen LogP contribution in [0, 0.1) is 6.92 Å². The topological polar surface area (TPSA) is 76.1 Å². The van der Waals surface area contributed by atoms with Gasteiger partial charge in [-0.15, -0.1) is 0 Å². The molecule has 2 aromatic rings. The summed E-state index contributed by atoms with van der Waals surface area (Å²) >= 11 is 0. The van der Waals surface area contributed by atoms with Gasteiger partial charge in [-0.05, 0) is 63.9 Å². The Morgan fingerprint density at radius 3 is 2.39 bits per heavy atom. The minimum absolute atomic E-state index is 0.115. The van der Waals surface area contributed by atoms with E-state index in [4.69, 9.17) is 4.74 Å². The fourth-order valence-corrected chi connectivity index (χ4v) is 3.44. The van der Waals surface area contributed by atoms with Crippen LogP contribution in [0.4, 0.5) is 11.6 Å². The molecule has 0 unspecified atom stereocenters. The zero-order valence-corrected chi connectivity index (χ0v) is 17.0. The average Bonchev–Trinajstić information content (AvgIpc) is 2.91. The van der Waals surface area contributed by atoms with Crippen LogP contribution >= 0.6 is 0 Å². The Hall–Kier alpha value is -2.63. The Bertz CT molecular complexity index is 782. The molecule has 1 aromatic heterocycles. The Morgan fingerprint density at radius 1 is 1.07 bits per heavy atom. The van der Waals surface area contributed by atoms with Gasteiger partial charge in [-0.25, -0.2) is 9.97 Å².